The number of nitrogens with zero attached hydrogens (tertiary/aromatic N) is 3. The SMILES string of the molecule is N#CC1(NC(=O)C(CC(F)(F)Cc2ccccn2)NC(=O)N2CCC3(CCC3)CC2)CC1. The number of nitriles is 1. The van der Waals surface area contributed by atoms with Gasteiger partial charge >= 0.3 is 6.03 Å². The standard InChI is InChI=1S/C23H29F2N5O2/c24-23(25,14-17-4-1-2-11-27-17)15-18(19(31)29-22(16-26)7-8-22)28-20(32)30-12-9-21(10-13-30)5-3-6-21/h1-2,4,11,18H,3,5-10,12-15H2,(H,28,32)(H,29,31). The highest BCUT2D eigenvalue weighted by Crippen LogP contribution is 2.48. The molecule has 7 nitrogen and oxygen atoms in total. The van der Waals surface area contributed by atoms with E-state index < -0.39 is 42.3 Å². The van der Waals surface area contributed by atoms with E-state index in [2.05, 4.69) is 15.6 Å². The van der Waals surface area contributed by atoms with Gasteiger partial charge < -0.3 is 15.5 Å². The number of likely N-dealkylation sites (tertiary alicyclic amines) is 1. The fourth-order valence-corrected chi connectivity index (χ4v) is 4.66. The van der Waals surface area contributed by atoms with Gasteiger partial charge in [0.1, 0.15) is 11.6 Å². The summed E-state index contributed by atoms with van der Waals surface area (Å²) in [5.41, 5.74) is -0.451. The van der Waals surface area contributed by atoms with Gasteiger partial charge in [-0.25, -0.2) is 13.6 Å². The molecular weight excluding hydrogens is 416 g/mol. The van der Waals surface area contributed by atoms with Gasteiger partial charge in [0, 0.05) is 31.4 Å². The van der Waals surface area contributed by atoms with Crippen LogP contribution in [-0.4, -0.2) is 52.4 Å². The molecule has 9 heteroatoms. The van der Waals surface area contributed by atoms with Crippen LogP contribution in [0.5, 0.6) is 0 Å². The van der Waals surface area contributed by atoms with Gasteiger partial charge in [0.15, 0.2) is 0 Å². The number of carbonyl (C=O) groups excluding carboxylic acids is 2. The van der Waals surface area contributed by atoms with E-state index in [0.29, 0.717) is 31.3 Å². The maximum absolute atomic E-state index is 14.8. The van der Waals surface area contributed by atoms with E-state index in [4.69, 9.17) is 0 Å². The van der Waals surface area contributed by atoms with Crippen molar-refractivity contribution < 1.29 is 18.4 Å². The zero-order valence-corrected chi connectivity index (χ0v) is 18.1. The van der Waals surface area contributed by atoms with Gasteiger partial charge in [0.2, 0.25) is 5.91 Å². The minimum absolute atomic E-state index is 0.209. The largest absolute Gasteiger partial charge is 0.336 e. The van der Waals surface area contributed by atoms with Gasteiger partial charge in [-0.2, -0.15) is 5.26 Å². The number of alkyl halides is 2. The van der Waals surface area contributed by atoms with Crippen molar-refractivity contribution in [2.45, 2.75) is 75.3 Å². The molecule has 1 atom stereocenters. The molecule has 1 aromatic heterocycles. The maximum atomic E-state index is 14.8. The number of hydrogen-bond donors (Lipinski definition) is 2. The Balaban J connectivity index is 1.41. The molecule has 2 N–H and O–H groups in total. The summed E-state index contributed by atoms with van der Waals surface area (Å²) < 4.78 is 29.7. The normalized spacial score (nSPS) is 21.7. The van der Waals surface area contributed by atoms with Gasteiger partial charge in [-0.05, 0) is 56.1 Å². The van der Waals surface area contributed by atoms with Crippen LogP contribution in [0, 0.1) is 16.7 Å². The first-order chi connectivity index (χ1) is 15.2. The molecule has 2 heterocycles. The summed E-state index contributed by atoms with van der Waals surface area (Å²) >= 11 is 0. The summed E-state index contributed by atoms with van der Waals surface area (Å²) in [7, 11) is 0. The first-order valence-electron chi connectivity index (χ1n) is 11.3. The second-order valence-electron chi connectivity index (χ2n) is 9.58. The molecule has 172 valence electrons. The summed E-state index contributed by atoms with van der Waals surface area (Å²) in [5, 5.41) is 14.4. The number of pyridine rings is 1. The monoisotopic (exact) mass is 445 g/mol. The van der Waals surface area contributed by atoms with Crippen LogP contribution in [0.2, 0.25) is 0 Å². The van der Waals surface area contributed by atoms with Gasteiger partial charge in [-0.1, -0.05) is 12.5 Å². The first-order valence-corrected chi connectivity index (χ1v) is 11.3. The zero-order chi connectivity index (χ0) is 22.8. The quantitative estimate of drug-likeness (QED) is 0.674. The number of urea groups is 1. The van der Waals surface area contributed by atoms with E-state index in [-0.39, 0.29) is 5.69 Å². The van der Waals surface area contributed by atoms with E-state index in [1.165, 1.54) is 31.5 Å². The number of carbonyl (C=O) groups is 2. The summed E-state index contributed by atoms with van der Waals surface area (Å²) in [6.07, 6.45) is 6.31. The van der Waals surface area contributed by atoms with Crippen molar-refractivity contribution in [1.29, 1.82) is 5.26 Å². The Morgan fingerprint density at radius 3 is 2.44 bits per heavy atom. The molecule has 3 aliphatic rings. The summed E-state index contributed by atoms with van der Waals surface area (Å²) in [6, 6.07) is 4.85. The molecule has 32 heavy (non-hydrogen) atoms. The summed E-state index contributed by atoms with van der Waals surface area (Å²) in [4.78, 5) is 31.2. The third-order valence-corrected chi connectivity index (χ3v) is 7.13. The van der Waals surface area contributed by atoms with Gasteiger partial charge in [0.05, 0.1) is 12.5 Å². The van der Waals surface area contributed by atoms with E-state index in [1.54, 1.807) is 17.0 Å². The molecule has 0 bridgehead atoms. The smallest absolute Gasteiger partial charge is 0.318 e. The average Bonchev–Trinajstić information content (AvgIpc) is 3.52. The van der Waals surface area contributed by atoms with Crippen molar-refractivity contribution in [2.75, 3.05) is 13.1 Å². The number of halogens is 2. The number of amides is 3. The second kappa shape index (κ2) is 8.64. The second-order valence-corrected chi connectivity index (χ2v) is 9.58. The molecule has 1 aromatic rings. The molecule has 3 amide bonds. The predicted molar refractivity (Wildman–Crippen MR) is 113 cm³/mol. The lowest BCUT2D eigenvalue weighted by atomic mass is 9.63. The van der Waals surface area contributed by atoms with Crippen LogP contribution in [0.1, 0.15) is 57.1 Å². The van der Waals surface area contributed by atoms with Crippen molar-refractivity contribution in [3.63, 3.8) is 0 Å². The predicted octanol–water partition coefficient (Wildman–Crippen LogP) is 3.17. The van der Waals surface area contributed by atoms with Crippen molar-refractivity contribution in [1.82, 2.24) is 20.5 Å². The Bertz CT molecular complexity index is 883. The van der Waals surface area contributed by atoms with Crippen molar-refractivity contribution in [2.24, 2.45) is 5.41 Å². The number of rotatable bonds is 7. The fourth-order valence-electron chi connectivity index (χ4n) is 4.66. The van der Waals surface area contributed by atoms with Gasteiger partial charge in [0.25, 0.3) is 5.92 Å². The number of hydrogen-bond acceptors (Lipinski definition) is 4. The first kappa shape index (κ1) is 22.4. The fraction of sp³-hybridized carbons (Fsp3) is 0.652. The molecule has 2 aliphatic carbocycles. The molecular formula is C23H29F2N5O2. The zero-order valence-electron chi connectivity index (χ0n) is 18.1. The van der Waals surface area contributed by atoms with Crippen LogP contribution in [0.4, 0.5) is 13.6 Å². The highest BCUT2D eigenvalue weighted by molar-refractivity contribution is 5.88. The number of aromatic nitrogens is 1. The lowest BCUT2D eigenvalue weighted by Gasteiger charge is -2.48. The molecule has 4 rings (SSSR count). The van der Waals surface area contributed by atoms with Crippen molar-refractivity contribution >= 4 is 11.9 Å². The molecule has 1 unspecified atom stereocenters. The molecule has 1 saturated heterocycles. The van der Waals surface area contributed by atoms with Crippen LogP contribution in [0.3, 0.4) is 0 Å². The Morgan fingerprint density at radius 1 is 1.19 bits per heavy atom. The van der Waals surface area contributed by atoms with Crippen LogP contribution in [0.25, 0.3) is 0 Å². The molecule has 3 fully saturated rings. The number of piperidine rings is 1. The molecule has 0 radical (unpaired) electrons. The Hall–Kier alpha value is -2.76. The highest BCUT2D eigenvalue weighted by Gasteiger charge is 2.47. The van der Waals surface area contributed by atoms with Crippen molar-refractivity contribution in [3.05, 3.63) is 30.1 Å². The van der Waals surface area contributed by atoms with E-state index in [1.807, 2.05) is 6.07 Å². The van der Waals surface area contributed by atoms with E-state index >= 15 is 0 Å². The Morgan fingerprint density at radius 2 is 1.91 bits per heavy atom. The van der Waals surface area contributed by atoms with Crippen LogP contribution < -0.4 is 10.6 Å². The lowest BCUT2D eigenvalue weighted by Crippen LogP contribution is -2.56. The Labute approximate surface area is 186 Å². The van der Waals surface area contributed by atoms with Crippen LogP contribution >= 0.6 is 0 Å². The van der Waals surface area contributed by atoms with Gasteiger partial charge in [-0.15, -0.1) is 0 Å². The molecule has 2 saturated carbocycles. The highest BCUT2D eigenvalue weighted by atomic mass is 19.3. The molecule has 0 aromatic carbocycles. The minimum atomic E-state index is -3.26. The minimum Gasteiger partial charge on any atom is -0.336 e. The number of nitrogens with one attached hydrogen (secondary N) is 2. The van der Waals surface area contributed by atoms with E-state index in [0.717, 1.165) is 12.8 Å². The topological polar surface area (TPSA) is 98.1 Å². The molecule has 1 aliphatic heterocycles. The van der Waals surface area contributed by atoms with Crippen LogP contribution in [0.15, 0.2) is 24.4 Å². The Kier molecular flexibility index (Phi) is 6.06. The third-order valence-electron chi connectivity index (χ3n) is 7.13. The maximum Gasteiger partial charge on any atom is 0.318 e. The average molecular weight is 446 g/mol. The van der Waals surface area contributed by atoms with Gasteiger partial charge in [-0.3, -0.25) is 9.78 Å². The molecule has 1 spiro atoms. The summed E-state index contributed by atoms with van der Waals surface area (Å²) in [6.45, 7) is 1.12. The van der Waals surface area contributed by atoms with Crippen molar-refractivity contribution in [3.8, 4) is 6.07 Å². The van der Waals surface area contributed by atoms with Crippen LogP contribution in [-0.2, 0) is 11.2 Å². The third kappa shape index (κ3) is 5.17. The lowest BCUT2D eigenvalue weighted by molar-refractivity contribution is -0.126. The summed E-state index contributed by atoms with van der Waals surface area (Å²) in [5.74, 6) is -4.00. The van der Waals surface area contributed by atoms with E-state index in [9.17, 15) is 23.6 Å².